The van der Waals surface area contributed by atoms with Gasteiger partial charge in [-0.3, -0.25) is 9.36 Å². The Bertz CT molecular complexity index is 674. The monoisotopic (exact) mass is 329 g/mol. The van der Waals surface area contributed by atoms with Crippen molar-refractivity contribution < 1.29 is 4.79 Å². The molecule has 0 bridgehead atoms. The van der Waals surface area contributed by atoms with Crippen LogP contribution in [0.1, 0.15) is 38.2 Å². The predicted molar refractivity (Wildman–Crippen MR) is 94.2 cm³/mol. The highest BCUT2D eigenvalue weighted by atomic mass is 32.2. The molecule has 0 unspecified atom stereocenters. The summed E-state index contributed by atoms with van der Waals surface area (Å²) in [6, 6.07) is 8.39. The fourth-order valence-electron chi connectivity index (χ4n) is 2.96. The van der Waals surface area contributed by atoms with Crippen molar-refractivity contribution in [2.24, 2.45) is 0 Å². The molecular weight excluding hydrogens is 306 g/mol. The van der Waals surface area contributed by atoms with E-state index >= 15 is 0 Å². The molecule has 1 saturated heterocycles. The molecule has 0 atom stereocenters. The van der Waals surface area contributed by atoms with Gasteiger partial charge in [0.2, 0.25) is 5.91 Å². The van der Waals surface area contributed by atoms with Gasteiger partial charge in [0, 0.05) is 25.5 Å². The normalized spacial score (nSPS) is 14.7. The summed E-state index contributed by atoms with van der Waals surface area (Å²) in [7, 11) is 0. The van der Waals surface area contributed by atoms with Crippen LogP contribution in [0.25, 0.3) is 5.69 Å². The first-order chi connectivity index (χ1) is 11.2. The molecule has 1 aromatic heterocycles. The molecule has 0 radical (unpaired) electrons. The minimum absolute atomic E-state index is 0.221. The number of para-hydroxylation sites is 1. The highest BCUT2D eigenvalue weighted by Crippen LogP contribution is 2.27. The van der Waals surface area contributed by atoms with Gasteiger partial charge in [-0.25, -0.2) is 4.98 Å². The standard InChI is InChI=1S/C18H23N3OS/c1-14(2)15-7-3-4-8-16(15)21-12-9-19-18(21)23-13-17(22)20-10-5-6-11-20/h3-4,7-9,12,14H,5-6,10-11,13H2,1-2H3. The number of hydrogen-bond acceptors (Lipinski definition) is 3. The number of rotatable bonds is 5. The van der Waals surface area contributed by atoms with Crippen LogP contribution in [0.15, 0.2) is 41.8 Å². The third kappa shape index (κ3) is 3.61. The average molecular weight is 329 g/mol. The lowest BCUT2D eigenvalue weighted by Gasteiger charge is -2.16. The molecule has 1 aromatic carbocycles. The van der Waals surface area contributed by atoms with E-state index in [1.165, 1.54) is 17.3 Å². The lowest BCUT2D eigenvalue weighted by Crippen LogP contribution is -2.29. The first-order valence-corrected chi connectivity index (χ1v) is 9.18. The molecular formula is C18H23N3OS. The molecule has 5 heteroatoms. The summed E-state index contributed by atoms with van der Waals surface area (Å²) in [6.45, 7) is 6.20. The quantitative estimate of drug-likeness (QED) is 0.785. The van der Waals surface area contributed by atoms with Crippen LogP contribution in [0.5, 0.6) is 0 Å². The van der Waals surface area contributed by atoms with Gasteiger partial charge in [-0.1, -0.05) is 43.8 Å². The number of carbonyl (C=O) groups is 1. The Hall–Kier alpha value is -1.75. The van der Waals surface area contributed by atoms with E-state index in [0.717, 1.165) is 36.8 Å². The molecule has 1 fully saturated rings. The third-order valence-electron chi connectivity index (χ3n) is 4.21. The van der Waals surface area contributed by atoms with Crippen LogP contribution in [-0.2, 0) is 4.79 Å². The molecule has 1 amide bonds. The maximum absolute atomic E-state index is 12.2. The zero-order chi connectivity index (χ0) is 16.2. The predicted octanol–water partition coefficient (Wildman–Crippen LogP) is 3.71. The fourth-order valence-corrected chi connectivity index (χ4v) is 3.83. The van der Waals surface area contributed by atoms with Crippen molar-refractivity contribution in [1.29, 1.82) is 0 Å². The van der Waals surface area contributed by atoms with Crippen molar-refractivity contribution in [1.82, 2.24) is 14.5 Å². The van der Waals surface area contributed by atoms with Gasteiger partial charge in [-0.2, -0.15) is 0 Å². The first kappa shape index (κ1) is 16.1. The van der Waals surface area contributed by atoms with Gasteiger partial charge in [-0.15, -0.1) is 0 Å². The summed E-state index contributed by atoms with van der Waals surface area (Å²) < 4.78 is 2.09. The van der Waals surface area contributed by atoms with E-state index in [4.69, 9.17) is 0 Å². The lowest BCUT2D eigenvalue weighted by molar-refractivity contribution is -0.127. The second-order valence-electron chi connectivity index (χ2n) is 6.17. The minimum Gasteiger partial charge on any atom is -0.342 e. The Kier molecular flexibility index (Phi) is 5.06. The van der Waals surface area contributed by atoms with E-state index in [9.17, 15) is 4.79 Å². The zero-order valence-electron chi connectivity index (χ0n) is 13.7. The van der Waals surface area contributed by atoms with Crippen molar-refractivity contribution >= 4 is 17.7 Å². The van der Waals surface area contributed by atoms with E-state index in [1.54, 1.807) is 6.20 Å². The zero-order valence-corrected chi connectivity index (χ0v) is 14.6. The van der Waals surface area contributed by atoms with E-state index in [1.807, 2.05) is 17.2 Å². The van der Waals surface area contributed by atoms with Gasteiger partial charge >= 0.3 is 0 Å². The first-order valence-electron chi connectivity index (χ1n) is 8.20. The van der Waals surface area contributed by atoms with Gasteiger partial charge in [0.05, 0.1) is 11.4 Å². The van der Waals surface area contributed by atoms with E-state index in [-0.39, 0.29) is 5.91 Å². The van der Waals surface area contributed by atoms with Crippen LogP contribution < -0.4 is 0 Å². The number of carbonyl (C=O) groups excluding carboxylic acids is 1. The summed E-state index contributed by atoms with van der Waals surface area (Å²) in [5, 5.41) is 0.880. The number of benzene rings is 1. The Morgan fingerprint density at radius 2 is 2.00 bits per heavy atom. The molecule has 0 aliphatic carbocycles. The van der Waals surface area contributed by atoms with Crippen molar-refractivity contribution in [3.63, 3.8) is 0 Å². The molecule has 0 saturated carbocycles. The Labute approximate surface area is 141 Å². The topological polar surface area (TPSA) is 38.1 Å². The smallest absolute Gasteiger partial charge is 0.233 e. The average Bonchev–Trinajstić information content (AvgIpc) is 3.24. The van der Waals surface area contributed by atoms with Crippen molar-refractivity contribution in [3.05, 3.63) is 42.2 Å². The number of imidazole rings is 1. The van der Waals surface area contributed by atoms with Gasteiger partial charge in [0.15, 0.2) is 5.16 Å². The van der Waals surface area contributed by atoms with Crippen molar-refractivity contribution in [2.75, 3.05) is 18.8 Å². The van der Waals surface area contributed by atoms with Gasteiger partial charge in [-0.05, 0) is 30.4 Å². The number of nitrogens with zero attached hydrogens (tertiary/aromatic N) is 3. The van der Waals surface area contributed by atoms with E-state index in [0.29, 0.717) is 11.7 Å². The van der Waals surface area contributed by atoms with Gasteiger partial charge < -0.3 is 4.90 Å². The molecule has 4 nitrogen and oxygen atoms in total. The summed E-state index contributed by atoms with van der Waals surface area (Å²) in [4.78, 5) is 18.6. The Morgan fingerprint density at radius 3 is 2.74 bits per heavy atom. The largest absolute Gasteiger partial charge is 0.342 e. The van der Waals surface area contributed by atoms with Crippen molar-refractivity contribution in [2.45, 2.75) is 37.8 Å². The van der Waals surface area contributed by atoms with Crippen LogP contribution in [0.2, 0.25) is 0 Å². The lowest BCUT2D eigenvalue weighted by atomic mass is 10.0. The molecule has 0 spiro atoms. The molecule has 1 aliphatic heterocycles. The molecule has 2 aromatic rings. The molecule has 1 aliphatic rings. The Morgan fingerprint density at radius 1 is 1.26 bits per heavy atom. The van der Waals surface area contributed by atoms with E-state index < -0.39 is 0 Å². The van der Waals surface area contributed by atoms with Crippen LogP contribution in [0.4, 0.5) is 0 Å². The number of amides is 1. The van der Waals surface area contributed by atoms with E-state index in [2.05, 4.69) is 41.6 Å². The second kappa shape index (κ2) is 7.21. The summed E-state index contributed by atoms with van der Waals surface area (Å²) in [5.74, 6) is 1.12. The number of aromatic nitrogens is 2. The number of thioether (sulfide) groups is 1. The minimum atomic E-state index is 0.221. The maximum Gasteiger partial charge on any atom is 0.233 e. The fraction of sp³-hybridized carbons (Fsp3) is 0.444. The Balaban J connectivity index is 1.76. The summed E-state index contributed by atoms with van der Waals surface area (Å²) in [6.07, 6.45) is 6.04. The van der Waals surface area contributed by atoms with Crippen LogP contribution in [0.3, 0.4) is 0 Å². The molecule has 0 N–H and O–H groups in total. The number of hydrogen-bond donors (Lipinski definition) is 0. The second-order valence-corrected chi connectivity index (χ2v) is 7.11. The van der Waals surface area contributed by atoms with Gasteiger partial charge in [0.1, 0.15) is 0 Å². The van der Waals surface area contributed by atoms with Crippen LogP contribution in [-0.4, -0.2) is 39.2 Å². The summed E-state index contributed by atoms with van der Waals surface area (Å²) >= 11 is 1.52. The number of likely N-dealkylation sites (tertiary alicyclic amines) is 1. The molecule has 2 heterocycles. The van der Waals surface area contributed by atoms with Crippen LogP contribution in [0, 0.1) is 0 Å². The molecule has 23 heavy (non-hydrogen) atoms. The van der Waals surface area contributed by atoms with Crippen molar-refractivity contribution in [3.8, 4) is 5.69 Å². The third-order valence-corrected chi connectivity index (χ3v) is 5.16. The van der Waals surface area contributed by atoms with Crippen LogP contribution >= 0.6 is 11.8 Å². The summed E-state index contributed by atoms with van der Waals surface area (Å²) in [5.41, 5.74) is 2.44. The SMILES string of the molecule is CC(C)c1ccccc1-n1ccnc1SCC(=O)N1CCCC1. The molecule has 3 rings (SSSR count). The van der Waals surface area contributed by atoms with Gasteiger partial charge in [0.25, 0.3) is 0 Å². The highest BCUT2D eigenvalue weighted by molar-refractivity contribution is 7.99. The maximum atomic E-state index is 12.2. The molecule has 122 valence electrons. The highest BCUT2D eigenvalue weighted by Gasteiger charge is 2.19.